The molecular formula is C14H14N2O2. The number of rotatable bonds is 3. The normalized spacial score (nSPS) is 19.4. The molecule has 2 N–H and O–H groups in total. The van der Waals surface area contributed by atoms with Gasteiger partial charge in [-0.25, -0.2) is 0 Å². The molecule has 2 amide bonds. The zero-order valence-electron chi connectivity index (χ0n) is 9.90. The van der Waals surface area contributed by atoms with Crippen LogP contribution >= 0.6 is 0 Å². The predicted molar refractivity (Wildman–Crippen MR) is 67.9 cm³/mol. The molecule has 0 spiro atoms. The number of nitrogens with one attached hydrogen (secondary N) is 2. The lowest BCUT2D eigenvalue weighted by molar-refractivity contribution is -0.125. The average Bonchev–Trinajstić information content (AvgIpc) is 2.90. The van der Waals surface area contributed by atoms with E-state index < -0.39 is 0 Å². The van der Waals surface area contributed by atoms with Gasteiger partial charge in [0.15, 0.2) is 0 Å². The van der Waals surface area contributed by atoms with Crippen molar-refractivity contribution in [3.8, 4) is 0 Å². The molecule has 0 aliphatic carbocycles. The van der Waals surface area contributed by atoms with E-state index in [1.165, 1.54) is 10.9 Å². The highest BCUT2D eigenvalue weighted by molar-refractivity contribution is 6.03. The summed E-state index contributed by atoms with van der Waals surface area (Å²) in [7, 11) is 0. The lowest BCUT2D eigenvalue weighted by Gasteiger charge is -2.04. The van der Waals surface area contributed by atoms with Gasteiger partial charge < -0.3 is 4.98 Å². The van der Waals surface area contributed by atoms with Crippen molar-refractivity contribution in [3.05, 3.63) is 36.0 Å². The van der Waals surface area contributed by atoms with Crippen LogP contribution in [0.5, 0.6) is 0 Å². The lowest BCUT2D eigenvalue weighted by atomic mass is 9.98. The van der Waals surface area contributed by atoms with E-state index in [0.29, 0.717) is 6.42 Å². The van der Waals surface area contributed by atoms with Gasteiger partial charge in [0, 0.05) is 29.4 Å². The quantitative estimate of drug-likeness (QED) is 0.806. The van der Waals surface area contributed by atoms with Crippen LogP contribution in [-0.2, 0) is 16.0 Å². The molecule has 2 heterocycles. The number of hydrogen-bond acceptors (Lipinski definition) is 2. The van der Waals surface area contributed by atoms with E-state index in [-0.39, 0.29) is 17.7 Å². The summed E-state index contributed by atoms with van der Waals surface area (Å²) in [6.07, 6.45) is 3.86. The zero-order valence-corrected chi connectivity index (χ0v) is 9.90. The van der Waals surface area contributed by atoms with Crippen molar-refractivity contribution in [1.82, 2.24) is 10.3 Å². The summed E-state index contributed by atoms with van der Waals surface area (Å²) in [6.45, 7) is 0. The monoisotopic (exact) mass is 242 g/mol. The van der Waals surface area contributed by atoms with Crippen LogP contribution in [0.15, 0.2) is 30.5 Å². The van der Waals surface area contributed by atoms with Gasteiger partial charge in [0.2, 0.25) is 11.8 Å². The Morgan fingerprint density at radius 1 is 1.22 bits per heavy atom. The van der Waals surface area contributed by atoms with E-state index in [2.05, 4.69) is 16.4 Å². The maximum absolute atomic E-state index is 11.5. The van der Waals surface area contributed by atoms with E-state index in [4.69, 9.17) is 0 Å². The first-order chi connectivity index (χ1) is 8.74. The van der Waals surface area contributed by atoms with Gasteiger partial charge in [-0.2, -0.15) is 0 Å². The number of aromatic nitrogens is 1. The molecule has 92 valence electrons. The number of H-pyrrole nitrogens is 1. The molecule has 2 aromatic rings. The second kappa shape index (κ2) is 4.29. The fourth-order valence-corrected chi connectivity index (χ4v) is 2.51. The second-order valence-electron chi connectivity index (χ2n) is 4.71. The van der Waals surface area contributed by atoms with E-state index in [1.54, 1.807) is 0 Å². The largest absolute Gasteiger partial charge is 0.361 e. The summed E-state index contributed by atoms with van der Waals surface area (Å²) in [6, 6.07) is 8.10. The van der Waals surface area contributed by atoms with Crippen LogP contribution in [0.1, 0.15) is 18.4 Å². The van der Waals surface area contributed by atoms with Crippen molar-refractivity contribution in [1.29, 1.82) is 0 Å². The lowest BCUT2D eigenvalue weighted by Crippen LogP contribution is -2.22. The molecule has 4 nitrogen and oxygen atoms in total. The zero-order chi connectivity index (χ0) is 12.5. The Bertz CT molecular complexity index is 615. The highest BCUT2D eigenvalue weighted by Gasteiger charge is 2.29. The highest BCUT2D eigenvalue weighted by Crippen LogP contribution is 2.23. The number of aryl methyl sites for hydroxylation is 1. The molecule has 0 saturated carbocycles. The van der Waals surface area contributed by atoms with Crippen LogP contribution in [0.3, 0.4) is 0 Å². The molecule has 3 rings (SSSR count). The summed E-state index contributed by atoms with van der Waals surface area (Å²) in [5.74, 6) is -0.435. The number of imide groups is 1. The smallest absolute Gasteiger partial charge is 0.230 e. The third-order valence-corrected chi connectivity index (χ3v) is 3.50. The fraction of sp³-hybridized carbons (Fsp3) is 0.286. The van der Waals surface area contributed by atoms with E-state index >= 15 is 0 Å². The molecular weight excluding hydrogens is 228 g/mol. The van der Waals surface area contributed by atoms with Gasteiger partial charge in [-0.1, -0.05) is 18.2 Å². The first-order valence-corrected chi connectivity index (χ1v) is 6.13. The number of para-hydroxylation sites is 1. The van der Waals surface area contributed by atoms with Crippen molar-refractivity contribution in [3.63, 3.8) is 0 Å². The van der Waals surface area contributed by atoms with E-state index in [9.17, 15) is 9.59 Å². The molecule has 1 saturated heterocycles. The van der Waals surface area contributed by atoms with Gasteiger partial charge in [0.25, 0.3) is 0 Å². The van der Waals surface area contributed by atoms with Crippen molar-refractivity contribution in [2.45, 2.75) is 19.3 Å². The summed E-state index contributed by atoms with van der Waals surface area (Å²) >= 11 is 0. The minimum absolute atomic E-state index is 0.125. The van der Waals surface area contributed by atoms with Crippen LogP contribution < -0.4 is 5.32 Å². The summed E-state index contributed by atoms with van der Waals surface area (Å²) in [5.41, 5.74) is 2.32. The van der Waals surface area contributed by atoms with Gasteiger partial charge in [-0.3, -0.25) is 14.9 Å². The third-order valence-electron chi connectivity index (χ3n) is 3.50. The van der Waals surface area contributed by atoms with Crippen molar-refractivity contribution in [2.24, 2.45) is 5.92 Å². The van der Waals surface area contributed by atoms with Crippen LogP contribution in [0.4, 0.5) is 0 Å². The van der Waals surface area contributed by atoms with Crippen molar-refractivity contribution < 1.29 is 9.59 Å². The van der Waals surface area contributed by atoms with Crippen molar-refractivity contribution >= 4 is 22.7 Å². The number of aromatic amines is 1. The first-order valence-electron chi connectivity index (χ1n) is 6.13. The number of hydrogen-bond donors (Lipinski definition) is 2. The highest BCUT2D eigenvalue weighted by atomic mass is 16.2. The van der Waals surface area contributed by atoms with E-state index in [1.807, 2.05) is 24.4 Å². The molecule has 4 heteroatoms. The van der Waals surface area contributed by atoms with E-state index in [0.717, 1.165) is 18.4 Å². The summed E-state index contributed by atoms with van der Waals surface area (Å²) in [4.78, 5) is 25.8. The third kappa shape index (κ3) is 1.90. The number of carbonyl (C=O) groups excluding carboxylic acids is 2. The molecule has 1 aromatic heterocycles. The summed E-state index contributed by atoms with van der Waals surface area (Å²) in [5, 5.41) is 3.54. The Hall–Kier alpha value is -2.10. The maximum Gasteiger partial charge on any atom is 0.230 e. The van der Waals surface area contributed by atoms with Crippen LogP contribution in [0.25, 0.3) is 10.9 Å². The molecule has 1 aliphatic rings. The molecule has 1 aromatic carbocycles. The van der Waals surface area contributed by atoms with Gasteiger partial charge >= 0.3 is 0 Å². The molecule has 0 bridgehead atoms. The van der Waals surface area contributed by atoms with Gasteiger partial charge in [-0.05, 0) is 24.5 Å². The predicted octanol–water partition coefficient (Wildman–Crippen LogP) is 1.76. The fourth-order valence-electron chi connectivity index (χ4n) is 2.51. The second-order valence-corrected chi connectivity index (χ2v) is 4.71. The van der Waals surface area contributed by atoms with Crippen LogP contribution in [0, 0.1) is 5.92 Å². The minimum Gasteiger partial charge on any atom is -0.361 e. The molecule has 0 radical (unpaired) electrons. The van der Waals surface area contributed by atoms with Gasteiger partial charge in [0.05, 0.1) is 0 Å². The Kier molecular flexibility index (Phi) is 2.63. The standard InChI is InChI=1S/C14H14N2O2/c17-13-7-9(14(18)16-13)5-6-10-8-15-12-4-2-1-3-11(10)12/h1-4,8-9,15H,5-7H2,(H,16,17,18). The van der Waals surface area contributed by atoms with Crippen molar-refractivity contribution in [2.75, 3.05) is 0 Å². The van der Waals surface area contributed by atoms with Gasteiger partial charge in [-0.15, -0.1) is 0 Å². The molecule has 1 aliphatic heterocycles. The minimum atomic E-state index is -0.161. The molecule has 1 unspecified atom stereocenters. The first kappa shape index (κ1) is 11.0. The topological polar surface area (TPSA) is 62.0 Å². The molecule has 18 heavy (non-hydrogen) atoms. The van der Waals surface area contributed by atoms with Crippen LogP contribution in [-0.4, -0.2) is 16.8 Å². The molecule has 1 fully saturated rings. The SMILES string of the molecule is O=C1CC(CCc2c[nH]c3ccccc23)C(=O)N1. The molecule has 1 atom stereocenters. The Balaban J connectivity index is 1.74. The number of benzene rings is 1. The Morgan fingerprint density at radius 2 is 2.06 bits per heavy atom. The number of amides is 2. The van der Waals surface area contributed by atoms with Crippen LogP contribution in [0.2, 0.25) is 0 Å². The number of fused-ring (bicyclic) bond motifs is 1. The summed E-state index contributed by atoms with van der Waals surface area (Å²) < 4.78 is 0. The van der Waals surface area contributed by atoms with Gasteiger partial charge in [0.1, 0.15) is 0 Å². The Morgan fingerprint density at radius 3 is 2.83 bits per heavy atom. The average molecular weight is 242 g/mol. The number of carbonyl (C=O) groups is 2. The Labute approximate surface area is 104 Å². The maximum atomic E-state index is 11.5.